The second-order valence-electron chi connectivity index (χ2n) is 1.42. The van der Waals surface area contributed by atoms with E-state index in [4.69, 9.17) is 15.3 Å². The zero-order chi connectivity index (χ0) is 7.86. The SMILES string of the molecule is CC(C)ON.O=[N+]([O-])O. The Hall–Kier alpha value is -0.880. The summed E-state index contributed by atoms with van der Waals surface area (Å²) in [5.74, 6) is 4.67. The van der Waals surface area contributed by atoms with Gasteiger partial charge in [0.15, 0.2) is 0 Å². The third-order valence-corrected chi connectivity index (χ3v) is 0.272. The molecule has 0 rings (SSSR count). The molecule has 0 radical (unpaired) electrons. The van der Waals surface area contributed by atoms with Gasteiger partial charge in [0.2, 0.25) is 0 Å². The summed E-state index contributed by atoms with van der Waals surface area (Å²) in [6.45, 7) is 3.75. The Morgan fingerprint density at radius 2 is 1.89 bits per heavy atom. The molecule has 6 heteroatoms. The van der Waals surface area contributed by atoms with Crippen molar-refractivity contribution in [1.29, 1.82) is 0 Å². The van der Waals surface area contributed by atoms with E-state index in [1.54, 1.807) is 0 Å². The molecule has 56 valence electrons. The fourth-order valence-corrected chi connectivity index (χ4v) is 0. The van der Waals surface area contributed by atoms with Gasteiger partial charge in [-0.3, -0.25) is 0 Å². The highest BCUT2D eigenvalue weighted by Gasteiger charge is 1.79. The van der Waals surface area contributed by atoms with Gasteiger partial charge in [0.1, 0.15) is 0 Å². The normalized spacial score (nSPS) is 8.00. The monoisotopic (exact) mass is 138 g/mol. The van der Waals surface area contributed by atoms with Crippen LogP contribution in [0.15, 0.2) is 0 Å². The van der Waals surface area contributed by atoms with Crippen LogP contribution in [0.25, 0.3) is 0 Å². The second kappa shape index (κ2) is 7.12. The predicted molar refractivity (Wildman–Crippen MR) is 29.2 cm³/mol. The average molecular weight is 138 g/mol. The Balaban J connectivity index is 0. The third kappa shape index (κ3) is 149. The predicted octanol–water partition coefficient (Wildman–Crippen LogP) is -0.0626. The topological polar surface area (TPSA) is 98.6 Å². The van der Waals surface area contributed by atoms with Crippen molar-refractivity contribution in [1.82, 2.24) is 0 Å². The van der Waals surface area contributed by atoms with E-state index in [-0.39, 0.29) is 6.10 Å². The van der Waals surface area contributed by atoms with Crippen LogP contribution in [0.3, 0.4) is 0 Å². The molecule has 0 aliphatic heterocycles. The summed E-state index contributed by atoms with van der Waals surface area (Å²) in [6, 6.07) is 0. The van der Waals surface area contributed by atoms with E-state index in [1.165, 1.54) is 0 Å². The van der Waals surface area contributed by atoms with Gasteiger partial charge >= 0.3 is 0 Å². The van der Waals surface area contributed by atoms with Gasteiger partial charge in [0, 0.05) is 0 Å². The summed E-state index contributed by atoms with van der Waals surface area (Å²) in [5.41, 5.74) is 0. The van der Waals surface area contributed by atoms with Crippen molar-refractivity contribution in [2.75, 3.05) is 0 Å². The molecular formula is C3H10N2O4. The van der Waals surface area contributed by atoms with Crippen molar-refractivity contribution in [2.24, 2.45) is 5.90 Å². The molecule has 0 unspecified atom stereocenters. The van der Waals surface area contributed by atoms with Gasteiger partial charge in [-0.1, -0.05) is 0 Å². The highest BCUT2D eigenvalue weighted by molar-refractivity contribution is 4.25. The summed E-state index contributed by atoms with van der Waals surface area (Å²) in [6.07, 6.45) is 0.162. The molecule has 0 aliphatic carbocycles. The van der Waals surface area contributed by atoms with Crippen LogP contribution in [-0.4, -0.2) is 16.4 Å². The number of nitrogens with two attached hydrogens (primary N) is 1. The van der Waals surface area contributed by atoms with E-state index in [2.05, 4.69) is 10.7 Å². The molecule has 9 heavy (non-hydrogen) atoms. The van der Waals surface area contributed by atoms with E-state index >= 15 is 0 Å². The van der Waals surface area contributed by atoms with Crippen molar-refractivity contribution >= 4 is 0 Å². The van der Waals surface area contributed by atoms with Gasteiger partial charge < -0.3 is 10.0 Å². The smallest absolute Gasteiger partial charge is 0.291 e. The molecule has 0 aromatic carbocycles. The summed E-state index contributed by atoms with van der Waals surface area (Å²) in [5, 5.41) is 13.6. The summed E-state index contributed by atoms with van der Waals surface area (Å²) in [7, 11) is 0. The van der Waals surface area contributed by atoms with Crippen LogP contribution >= 0.6 is 0 Å². The zero-order valence-corrected chi connectivity index (χ0v) is 5.27. The van der Waals surface area contributed by atoms with Crippen LogP contribution in [0.4, 0.5) is 0 Å². The van der Waals surface area contributed by atoms with E-state index in [9.17, 15) is 0 Å². The van der Waals surface area contributed by atoms with Gasteiger partial charge in [-0.15, -0.1) is 10.1 Å². The standard InChI is InChI=1S/C3H9NO.HNO3/c1-3(2)5-4;2-1(3)4/h3H,4H2,1-2H3;(H,2,3,4). The quantitative estimate of drug-likeness (QED) is 0.390. The minimum absolute atomic E-state index is 0.162. The van der Waals surface area contributed by atoms with Gasteiger partial charge in [-0.2, -0.15) is 0 Å². The molecule has 6 nitrogen and oxygen atoms in total. The maximum Gasteiger partial charge on any atom is 0.291 e. The first-order valence-electron chi connectivity index (χ1n) is 2.19. The lowest BCUT2D eigenvalue weighted by molar-refractivity contribution is -0.742. The fraction of sp³-hybridized carbons (Fsp3) is 1.00. The maximum absolute atomic E-state index is 8.36. The molecule has 0 saturated carbocycles. The van der Waals surface area contributed by atoms with Gasteiger partial charge in [-0.25, -0.2) is 5.90 Å². The molecule has 0 saturated heterocycles. The lowest BCUT2D eigenvalue weighted by Crippen LogP contribution is -2.07. The van der Waals surface area contributed by atoms with Crippen molar-refractivity contribution in [2.45, 2.75) is 20.0 Å². The van der Waals surface area contributed by atoms with Crippen LogP contribution in [0.2, 0.25) is 0 Å². The highest BCUT2D eigenvalue weighted by atomic mass is 16.9. The molecular weight excluding hydrogens is 128 g/mol. The van der Waals surface area contributed by atoms with Gasteiger partial charge in [0.05, 0.1) is 6.10 Å². The van der Waals surface area contributed by atoms with E-state index < -0.39 is 5.09 Å². The Kier molecular flexibility index (Phi) is 8.69. The minimum atomic E-state index is -1.50. The zero-order valence-electron chi connectivity index (χ0n) is 5.27. The van der Waals surface area contributed by atoms with Crippen molar-refractivity contribution < 1.29 is 15.1 Å². The Bertz CT molecular complexity index is 70.2. The molecule has 0 amide bonds. The minimum Gasteiger partial charge on any atom is -0.328 e. The maximum atomic E-state index is 8.36. The number of nitrogens with zero attached hydrogens (tertiary/aromatic N) is 1. The van der Waals surface area contributed by atoms with Crippen LogP contribution in [-0.2, 0) is 4.84 Å². The molecule has 0 bridgehead atoms. The summed E-state index contributed by atoms with van der Waals surface area (Å²) in [4.78, 5) is 12.6. The lowest BCUT2D eigenvalue weighted by Gasteiger charge is -1.93. The van der Waals surface area contributed by atoms with Crippen molar-refractivity contribution in [3.63, 3.8) is 0 Å². The van der Waals surface area contributed by atoms with Crippen molar-refractivity contribution in [3.8, 4) is 0 Å². The molecule has 3 N–H and O–H groups in total. The van der Waals surface area contributed by atoms with Crippen LogP contribution < -0.4 is 5.90 Å². The molecule has 0 aliphatic rings. The Morgan fingerprint density at radius 3 is 1.89 bits per heavy atom. The highest BCUT2D eigenvalue weighted by Crippen LogP contribution is 1.74. The average Bonchev–Trinajstić information content (AvgIpc) is 1.65. The van der Waals surface area contributed by atoms with Gasteiger partial charge in [-0.05, 0) is 13.8 Å². The molecule has 0 fully saturated rings. The van der Waals surface area contributed by atoms with Crippen LogP contribution in [0, 0.1) is 10.1 Å². The van der Waals surface area contributed by atoms with E-state index in [1.807, 2.05) is 13.8 Å². The largest absolute Gasteiger partial charge is 0.328 e. The second-order valence-corrected chi connectivity index (χ2v) is 1.42. The molecule has 0 atom stereocenters. The Labute approximate surface area is 52.3 Å². The number of hydrogen-bond acceptors (Lipinski definition) is 4. The molecule has 0 spiro atoms. The first kappa shape index (κ1) is 11.0. The summed E-state index contributed by atoms with van der Waals surface area (Å²) < 4.78 is 0. The van der Waals surface area contributed by atoms with E-state index in [0.29, 0.717) is 0 Å². The molecule has 0 aromatic rings. The molecule has 0 aromatic heterocycles. The number of hydrogen-bond donors (Lipinski definition) is 2. The number of rotatable bonds is 1. The van der Waals surface area contributed by atoms with E-state index in [0.717, 1.165) is 0 Å². The van der Waals surface area contributed by atoms with Crippen molar-refractivity contribution in [3.05, 3.63) is 10.1 Å². The lowest BCUT2D eigenvalue weighted by atomic mass is 10.5. The van der Waals surface area contributed by atoms with Crippen LogP contribution in [0.5, 0.6) is 0 Å². The first-order chi connectivity index (χ1) is 4.00. The third-order valence-electron chi connectivity index (χ3n) is 0.272. The fourth-order valence-electron chi connectivity index (χ4n) is 0. The Morgan fingerprint density at radius 1 is 1.78 bits per heavy atom. The summed E-state index contributed by atoms with van der Waals surface area (Å²) >= 11 is 0. The first-order valence-corrected chi connectivity index (χ1v) is 2.19. The van der Waals surface area contributed by atoms with Gasteiger partial charge in [0.25, 0.3) is 5.09 Å². The molecule has 0 heterocycles. The van der Waals surface area contributed by atoms with Crippen LogP contribution in [0.1, 0.15) is 13.8 Å².